The van der Waals surface area contributed by atoms with Gasteiger partial charge in [0, 0.05) is 4.47 Å². The lowest BCUT2D eigenvalue weighted by molar-refractivity contribution is 0.399. The Kier molecular flexibility index (Phi) is 3.88. The minimum atomic E-state index is 0.320. The molecule has 0 bridgehead atoms. The van der Waals surface area contributed by atoms with Crippen LogP contribution >= 0.6 is 27.5 Å². The molecule has 0 radical (unpaired) electrons. The second-order valence-corrected chi connectivity index (χ2v) is 4.72. The minimum Gasteiger partial charge on any atom is -0.479 e. The SMILES string of the molecule is COc1ncnc(Nc2ccc(Br)cc2Cl)c1N. The summed E-state index contributed by atoms with van der Waals surface area (Å²) in [7, 11) is 1.50. The van der Waals surface area contributed by atoms with Crippen molar-refractivity contribution in [2.24, 2.45) is 0 Å². The summed E-state index contributed by atoms with van der Waals surface area (Å²) in [5, 5.41) is 3.59. The Hall–Kier alpha value is -1.53. The van der Waals surface area contributed by atoms with Gasteiger partial charge in [0.2, 0.25) is 5.88 Å². The van der Waals surface area contributed by atoms with Gasteiger partial charge < -0.3 is 15.8 Å². The number of rotatable bonds is 3. The molecule has 7 heteroatoms. The number of anilines is 3. The van der Waals surface area contributed by atoms with Crippen LogP contribution in [0.5, 0.6) is 5.88 Å². The first-order chi connectivity index (χ1) is 8.61. The molecular weight excluding hydrogens is 320 g/mol. The van der Waals surface area contributed by atoms with E-state index in [1.807, 2.05) is 12.1 Å². The summed E-state index contributed by atoms with van der Waals surface area (Å²) in [5.74, 6) is 0.770. The van der Waals surface area contributed by atoms with Crippen molar-refractivity contribution < 1.29 is 4.74 Å². The largest absolute Gasteiger partial charge is 0.479 e. The molecule has 0 atom stereocenters. The van der Waals surface area contributed by atoms with E-state index in [0.29, 0.717) is 28.1 Å². The molecule has 18 heavy (non-hydrogen) atoms. The van der Waals surface area contributed by atoms with Gasteiger partial charge in [0.25, 0.3) is 0 Å². The number of nitrogens with two attached hydrogens (primary N) is 1. The van der Waals surface area contributed by atoms with Gasteiger partial charge in [-0.2, -0.15) is 4.98 Å². The van der Waals surface area contributed by atoms with Crippen LogP contribution in [-0.2, 0) is 0 Å². The molecule has 0 aliphatic heterocycles. The first kappa shape index (κ1) is 12.9. The number of methoxy groups -OCH3 is 1. The molecule has 1 heterocycles. The molecular formula is C11H10BrClN4O. The summed E-state index contributed by atoms with van der Waals surface area (Å²) in [5.41, 5.74) is 6.89. The van der Waals surface area contributed by atoms with E-state index in [-0.39, 0.29) is 0 Å². The van der Waals surface area contributed by atoms with Crippen molar-refractivity contribution in [2.75, 3.05) is 18.2 Å². The number of aromatic nitrogens is 2. The molecule has 3 N–H and O–H groups in total. The third-order valence-corrected chi connectivity index (χ3v) is 3.03. The highest BCUT2D eigenvalue weighted by molar-refractivity contribution is 9.10. The maximum Gasteiger partial charge on any atom is 0.242 e. The monoisotopic (exact) mass is 328 g/mol. The Morgan fingerprint density at radius 1 is 1.39 bits per heavy atom. The van der Waals surface area contributed by atoms with Gasteiger partial charge in [0.05, 0.1) is 17.8 Å². The molecule has 2 rings (SSSR count). The van der Waals surface area contributed by atoms with Gasteiger partial charge in [-0.25, -0.2) is 4.98 Å². The van der Waals surface area contributed by atoms with Gasteiger partial charge in [-0.05, 0) is 18.2 Å². The van der Waals surface area contributed by atoms with Crippen molar-refractivity contribution in [3.63, 3.8) is 0 Å². The average molecular weight is 330 g/mol. The number of nitrogens with one attached hydrogen (secondary N) is 1. The highest BCUT2D eigenvalue weighted by Crippen LogP contribution is 2.31. The van der Waals surface area contributed by atoms with Crippen LogP contribution in [0.4, 0.5) is 17.2 Å². The maximum absolute atomic E-state index is 6.10. The van der Waals surface area contributed by atoms with Crippen molar-refractivity contribution in [1.82, 2.24) is 9.97 Å². The van der Waals surface area contributed by atoms with E-state index in [1.54, 1.807) is 6.07 Å². The van der Waals surface area contributed by atoms with Crippen LogP contribution in [0, 0.1) is 0 Å². The normalized spacial score (nSPS) is 10.2. The zero-order valence-corrected chi connectivity index (χ0v) is 11.8. The molecule has 0 saturated carbocycles. The first-order valence-electron chi connectivity index (χ1n) is 4.98. The molecule has 94 valence electrons. The third-order valence-electron chi connectivity index (χ3n) is 2.22. The van der Waals surface area contributed by atoms with Gasteiger partial charge in [0.1, 0.15) is 12.0 Å². The highest BCUT2D eigenvalue weighted by atomic mass is 79.9. The van der Waals surface area contributed by atoms with Crippen molar-refractivity contribution in [3.8, 4) is 5.88 Å². The Morgan fingerprint density at radius 3 is 2.83 bits per heavy atom. The molecule has 0 fully saturated rings. The van der Waals surface area contributed by atoms with Crippen molar-refractivity contribution in [1.29, 1.82) is 0 Å². The fourth-order valence-electron chi connectivity index (χ4n) is 1.36. The van der Waals surface area contributed by atoms with Crippen molar-refractivity contribution >= 4 is 44.7 Å². The molecule has 0 aliphatic carbocycles. The number of halogens is 2. The smallest absolute Gasteiger partial charge is 0.242 e. The number of hydrogen-bond donors (Lipinski definition) is 2. The van der Waals surface area contributed by atoms with E-state index in [1.165, 1.54) is 13.4 Å². The van der Waals surface area contributed by atoms with Crippen LogP contribution < -0.4 is 15.8 Å². The van der Waals surface area contributed by atoms with E-state index in [4.69, 9.17) is 22.1 Å². The molecule has 0 saturated heterocycles. The van der Waals surface area contributed by atoms with Crippen molar-refractivity contribution in [3.05, 3.63) is 34.0 Å². The Morgan fingerprint density at radius 2 is 2.17 bits per heavy atom. The molecule has 1 aromatic heterocycles. The summed E-state index contributed by atoms with van der Waals surface area (Å²) in [6, 6.07) is 5.46. The molecule has 0 unspecified atom stereocenters. The summed E-state index contributed by atoms with van der Waals surface area (Å²) in [6.45, 7) is 0. The van der Waals surface area contributed by atoms with E-state index in [9.17, 15) is 0 Å². The number of benzene rings is 1. The molecule has 0 aliphatic rings. The van der Waals surface area contributed by atoms with Gasteiger partial charge in [0.15, 0.2) is 5.82 Å². The molecule has 0 amide bonds. The van der Waals surface area contributed by atoms with Crippen LogP contribution in [0.15, 0.2) is 29.0 Å². The summed E-state index contributed by atoms with van der Waals surface area (Å²) in [4.78, 5) is 7.94. The van der Waals surface area contributed by atoms with Crippen LogP contribution in [0.2, 0.25) is 5.02 Å². The highest BCUT2D eigenvalue weighted by Gasteiger charge is 2.10. The Labute approximate surface area is 117 Å². The van der Waals surface area contributed by atoms with E-state index >= 15 is 0 Å². The predicted molar refractivity (Wildman–Crippen MR) is 75.4 cm³/mol. The lowest BCUT2D eigenvalue weighted by Crippen LogP contribution is -2.03. The lowest BCUT2D eigenvalue weighted by Gasteiger charge is -2.11. The average Bonchev–Trinajstić information content (AvgIpc) is 2.35. The van der Waals surface area contributed by atoms with Crippen LogP contribution in [0.3, 0.4) is 0 Å². The zero-order chi connectivity index (χ0) is 13.1. The number of ether oxygens (including phenoxy) is 1. The Balaban J connectivity index is 2.34. The van der Waals surface area contributed by atoms with Crippen LogP contribution in [0.25, 0.3) is 0 Å². The molecule has 2 aromatic rings. The van der Waals surface area contributed by atoms with E-state index in [2.05, 4.69) is 31.2 Å². The van der Waals surface area contributed by atoms with E-state index < -0.39 is 0 Å². The minimum absolute atomic E-state index is 0.320. The van der Waals surface area contributed by atoms with Gasteiger partial charge in [-0.3, -0.25) is 0 Å². The summed E-state index contributed by atoms with van der Waals surface area (Å²) < 4.78 is 5.91. The second-order valence-electron chi connectivity index (χ2n) is 3.39. The predicted octanol–water partition coefficient (Wildman–Crippen LogP) is 3.23. The van der Waals surface area contributed by atoms with Gasteiger partial charge >= 0.3 is 0 Å². The third kappa shape index (κ3) is 2.65. The van der Waals surface area contributed by atoms with Crippen LogP contribution in [-0.4, -0.2) is 17.1 Å². The molecule has 5 nitrogen and oxygen atoms in total. The first-order valence-corrected chi connectivity index (χ1v) is 6.15. The second kappa shape index (κ2) is 5.41. The van der Waals surface area contributed by atoms with Gasteiger partial charge in [-0.15, -0.1) is 0 Å². The zero-order valence-electron chi connectivity index (χ0n) is 9.45. The number of nitrogens with zero attached hydrogens (tertiary/aromatic N) is 2. The fraction of sp³-hybridized carbons (Fsp3) is 0.0909. The maximum atomic E-state index is 6.10. The molecule has 0 spiro atoms. The van der Waals surface area contributed by atoms with Gasteiger partial charge in [-0.1, -0.05) is 27.5 Å². The lowest BCUT2D eigenvalue weighted by atomic mass is 10.3. The molecule has 1 aromatic carbocycles. The quantitative estimate of drug-likeness (QED) is 0.904. The number of nitrogen functional groups attached to an aromatic ring is 1. The summed E-state index contributed by atoms with van der Waals surface area (Å²) in [6.07, 6.45) is 1.37. The summed E-state index contributed by atoms with van der Waals surface area (Å²) >= 11 is 9.43. The van der Waals surface area contributed by atoms with E-state index in [0.717, 1.165) is 4.47 Å². The topological polar surface area (TPSA) is 73.1 Å². The van der Waals surface area contributed by atoms with Crippen molar-refractivity contribution in [2.45, 2.75) is 0 Å². The number of hydrogen-bond acceptors (Lipinski definition) is 5. The fourth-order valence-corrected chi connectivity index (χ4v) is 2.08. The standard InChI is InChI=1S/C11H10BrClN4O/c1-18-11-9(14)10(15-5-16-11)17-8-3-2-6(12)4-7(8)13/h2-5H,14H2,1H3,(H,15,16,17). The Bertz CT molecular complexity index is 579. The van der Waals surface area contributed by atoms with Crippen LogP contribution in [0.1, 0.15) is 0 Å².